The molecule has 22 heavy (non-hydrogen) atoms. The van der Waals surface area contributed by atoms with Crippen LogP contribution in [0.2, 0.25) is 0 Å². The van der Waals surface area contributed by atoms with Crippen molar-refractivity contribution in [2.24, 2.45) is 0 Å². The Morgan fingerprint density at radius 1 is 1.18 bits per heavy atom. The Morgan fingerprint density at radius 3 is 2.50 bits per heavy atom. The summed E-state index contributed by atoms with van der Waals surface area (Å²) in [5, 5.41) is 6.76. The number of hydrogen-bond acceptors (Lipinski definition) is 7. The van der Waals surface area contributed by atoms with Crippen LogP contribution in [0.4, 0.5) is 0 Å². The van der Waals surface area contributed by atoms with Gasteiger partial charge in [0.1, 0.15) is 11.0 Å². The molecular weight excluding hydrogens is 306 g/mol. The lowest BCUT2D eigenvalue weighted by molar-refractivity contribution is 0.370. The van der Waals surface area contributed by atoms with Crippen molar-refractivity contribution in [3.05, 3.63) is 28.7 Å². The second-order valence-corrected chi connectivity index (χ2v) is 7.73. The highest BCUT2D eigenvalue weighted by atomic mass is 32.2. The van der Waals surface area contributed by atoms with Gasteiger partial charge >= 0.3 is 0 Å². The highest BCUT2D eigenvalue weighted by Gasteiger charge is 2.30. The van der Waals surface area contributed by atoms with E-state index in [2.05, 4.69) is 22.2 Å². The van der Waals surface area contributed by atoms with Crippen LogP contribution in [0.1, 0.15) is 60.7 Å². The van der Waals surface area contributed by atoms with Gasteiger partial charge in [-0.15, -0.1) is 0 Å². The van der Waals surface area contributed by atoms with E-state index >= 15 is 0 Å². The summed E-state index contributed by atoms with van der Waals surface area (Å²) in [6.45, 7) is 7.05. The van der Waals surface area contributed by atoms with E-state index in [1.54, 1.807) is 20.8 Å². The number of hydrogen-bond donors (Lipinski definition) is 0. The number of rotatable bonds is 7. The van der Waals surface area contributed by atoms with Gasteiger partial charge in [-0.2, -0.15) is 4.98 Å². The quantitative estimate of drug-likeness (QED) is 0.770. The molecule has 122 valence electrons. The summed E-state index contributed by atoms with van der Waals surface area (Å²) in [7, 11) is -3.48. The number of sulfone groups is 1. The molecule has 2 heterocycles. The zero-order chi connectivity index (χ0) is 16.3. The number of aryl methyl sites for hydroxylation is 3. The van der Waals surface area contributed by atoms with Crippen LogP contribution in [0.3, 0.4) is 0 Å². The Hall–Kier alpha value is -1.70. The van der Waals surface area contributed by atoms with E-state index in [-0.39, 0.29) is 11.6 Å². The fraction of sp³-hybridized carbons (Fsp3) is 0.643. The molecule has 0 amide bonds. The molecule has 2 aromatic rings. The third-order valence-electron chi connectivity index (χ3n) is 3.65. The molecule has 0 radical (unpaired) electrons. The van der Waals surface area contributed by atoms with Gasteiger partial charge in [-0.3, -0.25) is 0 Å². The Bertz CT molecular complexity index is 714. The summed E-state index contributed by atoms with van der Waals surface area (Å²) < 4.78 is 35.2. The van der Waals surface area contributed by atoms with Crippen molar-refractivity contribution >= 4 is 9.84 Å². The number of unbranched alkanes of at least 4 members (excludes halogenated alkanes) is 1. The normalized spacial score (nSPS) is 13.5. The molecule has 0 saturated carbocycles. The van der Waals surface area contributed by atoms with Crippen LogP contribution >= 0.6 is 0 Å². The minimum absolute atomic E-state index is 0.137. The third-order valence-corrected chi connectivity index (χ3v) is 5.62. The lowest BCUT2D eigenvalue weighted by atomic mass is 10.2. The lowest BCUT2D eigenvalue weighted by Gasteiger charge is -2.08. The van der Waals surface area contributed by atoms with Crippen molar-refractivity contribution in [3.63, 3.8) is 0 Å². The molecule has 0 saturated heterocycles. The molecule has 8 heteroatoms. The topological polar surface area (TPSA) is 99.1 Å². The first kappa shape index (κ1) is 16.7. The molecule has 0 fully saturated rings. The molecule has 0 aromatic carbocycles. The zero-order valence-corrected chi connectivity index (χ0v) is 14.1. The summed E-state index contributed by atoms with van der Waals surface area (Å²) in [4.78, 5) is 4.19. The minimum Gasteiger partial charge on any atom is -0.361 e. The average Bonchev–Trinajstić information content (AvgIpc) is 3.06. The minimum atomic E-state index is -3.48. The fourth-order valence-corrected chi connectivity index (χ4v) is 3.52. The molecular formula is C14H21N3O4S. The van der Waals surface area contributed by atoms with Gasteiger partial charge in [0.05, 0.1) is 11.4 Å². The first-order valence-corrected chi connectivity index (χ1v) is 9.02. The zero-order valence-electron chi connectivity index (χ0n) is 13.3. The van der Waals surface area contributed by atoms with Gasteiger partial charge in [-0.05, 0) is 27.2 Å². The van der Waals surface area contributed by atoms with E-state index in [0.29, 0.717) is 29.3 Å². The Morgan fingerprint density at radius 2 is 1.91 bits per heavy atom. The predicted octanol–water partition coefficient (Wildman–Crippen LogP) is 2.69. The van der Waals surface area contributed by atoms with Crippen molar-refractivity contribution in [2.45, 2.75) is 58.0 Å². The highest BCUT2D eigenvalue weighted by Crippen LogP contribution is 2.26. The second kappa shape index (κ2) is 6.60. The highest BCUT2D eigenvalue weighted by molar-refractivity contribution is 7.90. The Kier molecular flexibility index (Phi) is 5.00. The van der Waals surface area contributed by atoms with Gasteiger partial charge < -0.3 is 9.05 Å². The van der Waals surface area contributed by atoms with E-state index < -0.39 is 15.1 Å². The summed E-state index contributed by atoms with van der Waals surface area (Å²) >= 11 is 0. The SMILES string of the molecule is CCCCc1noc(C(C)S(=O)(=O)Cc2c(C)noc2C)n1. The molecule has 0 spiro atoms. The van der Waals surface area contributed by atoms with Crippen molar-refractivity contribution in [3.8, 4) is 0 Å². The monoisotopic (exact) mass is 327 g/mol. The van der Waals surface area contributed by atoms with Crippen LogP contribution in [0, 0.1) is 13.8 Å². The van der Waals surface area contributed by atoms with Gasteiger partial charge in [0.25, 0.3) is 0 Å². The van der Waals surface area contributed by atoms with Crippen molar-refractivity contribution < 1.29 is 17.5 Å². The maximum atomic E-state index is 12.5. The maximum Gasteiger partial charge on any atom is 0.244 e. The van der Waals surface area contributed by atoms with E-state index in [0.717, 1.165) is 12.8 Å². The molecule has 0 bridgehead atoms. The Balaban J connectivity index is 2.16. The molecule has 0 aliphatic rings. The van der Waals surface area contributed by atoms with E-state index in [1.165, 1.54) is 0 Å². The molecule has 0 aliphatic carbocycles. The van der Waals surface area contributed by atoms with Crippen molar-refractivity contribution in [1.29, 1.82) is 0 Å². The molecule has 0 aliphatic heterocycles. The summed E-state index contributed by atoms with van der Waals surface area (Å²) in [5.74, 6) is 1.05. The van der Waals surface area contributed by atoms with E-state index in [1.807, 2.05) is 0 Å². The van der Waals surface area contributed by atoms with Crippen LogP contribution in [-0.2, 0) is 22.0 Å². The molecule has 7 nitrogen and oxygen atoms in total. The van der Waals surface area contributed by atoms with Crippen LogP contribution in [0.5, 0.6) is 0 Å². The van der Waals surface area contributed by atoms with Crippen molar-refractivity contribution in [2.75, 3.05) is 0 Å². The van der Waals surface area contributed by atoms with Crippen LogP contribution in [-0.4, -0.2) is 23.7 Å². The smallest absolute Gasteiger partial charge is 0.244 e. The fourth-order valence-electron chi connectivity index (χ4n) is 2.06. The molecule has 1 unspecified atom stereocenters. The molecule has 0 N–H and O–H groups in total. The first-order chi connectivity index (χ1) is 10.3. The maximum absolute atomic E-state index is 12.5. The van der Waals surface area contributed by atoms with Gasteiger partial charge in [0, 0.05) is 12.0 Å². The molecule has 1 atom stereocenters. The number of aromatic nitrogens is 3. The molecule has 2 rings (SSSR count). The summed E-state index contributed by atoms with van der Waals surface area (Å²) in [5.41, 5.74) is 1.18. The van der Waals surface area contributed by atoms with Crippen LogP contribution < -0.4 is 0 Å². The third kappa shape index (κ3) is 3.55. The van der Waals surface area contributed by atoms with E-state index in [9.17, 15) is 8.42 Å². The summed E-state index contributed by atoms with van der Waals surface area (Å²) in [6.07, 6.45) is 2.65. The average molecular weight is 327 g/mol. The van der Waals surface area contributed by atoms with Gasteiger partial charge in [-0.1, -0.05) is 23.7 Å². The number of nitrogens with zero attached hydrogens (tertiary/aromatic N) is 3. The first-order valence-electron chi connectivity index (χ1n) is 7.31. The Labute approximate surface area is 130 Å². The lowest BCUT2D eigenvalue weighted by Crippen LogP contribution is -2.14. The standard InChI is InChI=1S/C14H21N3O4S/c1-5-6-7-13-15-14(21-17-13)11(4)22(18,19)8-12-9(2)16-20-10(12)3/h11H,5-8H2,1-4H3. The largest absolute Gasteiger partial charge is 0.361 e. The van der Waals surface area contributed by atoms with Crippen LogP contribution in [0.15, 0.2) is 9.05 Å². The van der Waals surface area contributed by atoms with Gasteiger partial charge in [0.15, 0.2) is 15.7 Å². The summed E-state index contributed by atoms with van der Waals surface area (Å²) in [6, 6.07) is 0. The van der Waals surface area contributed by atoms with Crippen molar-refractivity contribution in [1.82, 2.24) is 15.3 Å². The predicted molar refractivity (Wildman–Crippen MR) is 79.9 cm³/mol. The molecule has 2 aromatic heterocycles. The van der Waals surface area contributed by atoms with E-state index in [4.69, 9.17) is 9.05 Å². The second-order valence-electron chi connectivity index (χ2n) is 5.40. The van der Waals surface area contributed by atoms with Gasteiger partial charge in [0.2, 0.25) is 5.89 Å². The van der Waals surface area contributed by atoms with Gasteiger partial charge in [-0.25, -0.2) is 8.42 Å². The van der Waals surface area contributed by atoms with Crippen LogP contribution in [0.25, 0.3) is 0 Å².